The van der Waals surface area contributed by atoms with Crippen LogP contribution in [0.3, 0.4) is 0 Å². The molecule has 2 aromatic carbocycles. The molecule has 0 radical (unpaired) electrons. The number of hydrogen-bond acceptors (Lipinski definition) is 3. The van der Waals surface area contributed by atoms with Gasteiger partial charge in [-0.15, -0.1) is 0 Å². The molecule has 152 valence electrons. The minimum Gasteiger partial charge on any atom is -0.488 e. The van der Waals surface area contributed by atoms with Crippen LogP contribution in [-0.4, -0.2) is 16.1 Å². The van der Waals surface area contributed by atoms with Crippen molar-refractivity contribution in [1.82, 2.24) is 4.98 Å². The molecule has 30 heavy (non-hydrogen) atoms. The highest BCUT2D eigenvalue weighted by Gasteiger charge is 2.22. The van der Waals surface area contributed by atoms with Crippen molar-refractivity contribution in [2.24, 2.45) is 0 Å². The third-order valence-electron chi connectivity index (χ3n) is 5.07. The molecule has 0 spiro atoms. The number of aromatic carboxylic acids is 1. The zero-order valence-electron chi connectivity index (χ0n) is 16.1. The average Bonchev–Trinajstić information content (AvgIpc) is 3.24. The third-order valence-corrected chi connectivity index (χ3v) is 5.30. The molecular formula is C24H19ClFNO3. The Hall–Kier alpha value is -3.18. The number of halogens is 2. The van der Waals surface area contributed by atoms with Gasteiger partial charge in [-0.1, -0.05) is 29.8 Å². The van der Waals surface area contributed by atoms with E-state index in [-0.39, 0.29) is 11.5 Å². The standard InChI is InChI=1S/C24H19ClFNO3/c25-16-9-12-23(30-14-15-7-10-17(26)11-8-15)20(13-16)18-3-1-4-19(18)21-5-2-6-22(27-21)24(28)29/h2,5-13H,1,3-4,14H2,(H,28,29). The van der Waals surface area contributed by atoms with Gasteiger partial charge in [0.15, 0.2) is 0 Å². The molecule has 1 N–H and O–H groups in total. The Morgan fingerprint density at radius 2 is 1.83 bits per heavy atom. The minimum absolute atomic E-state index is 0.0186. The minimum atomic E-state index is -1.05. The summed E-state index contributed by atoms with van der Waals surface area (Å²) in [6.07, 6.45) is 2.56. The van der Waals surface area contributed by atoms with Crippen molar-refractivity contribution in [2.45, 2.75) is 25.9 Å². The van der Waals surface area contributed by atoms with E-state index in [9.17, 15) is 14.3 Å². The zero-order valence-corrected chi connectivity index (χ0v) is 16.8. The monoisotopic (exact) mass is 423 g/mol. The zero-order chi connectivity index (χ0) is 21.1. The number of ether oxygens (including phenoxy) is 1. The predicted octanol–water partition coefficient (Wildman–Crippen LogP) is 6.25. The van der Waals surface area contributed by atoms with Gasteiger partial charge in [0.05, 0.1) is 5.69 Å². The topological polar surface area (TPSA) is 59.4 Å². The summed E-state index contributed by atoms with van der Waals surface area (Å²) in [6, 6.07) is 16.7. The van der Waals surface area contributed by atoms with Gasteiger partial charge >= 0.3 is 5.97 Å². The Morgan fingerprint density at radius 3 is 2.60 bits per heavy atom. The van der Waals surface area contributed by atoms with E-state index in [0.717, 1.165) is 41.5 Å². The summed E-state index contributed by atoms with van der Waals surface area (Å²) in [5.41, 5.74) is 4.47. The van der Waals surface area contributed by atoms with Crippen molar-refractivity contribution >= 4 is 28.7 Å². The van der Waals surface area contributed by atoms with Crippen LogP contribution in [0, 0.1) is 5.82 Å². The van der Waals surface area contributed by atoms with Crippen LogP contribution in [0.4, 0.5) is 4.39 Å². The number of pyridine rings is 1. The maximum Gasteiger partial charge on any atom is 0.354 e. The lowest BCUT2D eigenvalue weighted by atomic mass is 9.99. The Labute approximate surface area is 178 Å². The van der Waals surface area contributed by atoms with Crippen molar-refractivity contribution in [2.75, 3.05) is 0 Å². The van der Waals surface area contributed by atoms with Gasteiger partial charge in [-0.05, 0) is 78.4 Å². The molecular weight excluding hydrogens is 405 g/mol. The number of allylic oxidation sites excluding steroid dienone is 2. The predicted molar refractivity (Wildman–Crippen MR) is 114 cm³/mol. The maximum atomic E-state index is 13.1. The average molecular weight is 424 g/mol. The molecule has 4 rings (SSSR count). The Bertz CT molecular complexity index is 1130. The molecule has 0 amide bonds. The second-order valence-electron chi connectivity index (χ2n) is 7.08. The molecule has 0 atom stereocenters. The van der Waals surface area contributed by atoms with Crippen LogP contribution in [0.25, 0.3) is 11.1 Å². The second-order valence-corrected chi connectivity index (χ2v) is 7.52. The second kappa shape index (κ2) is 8.67. The normalized spacial score (nSPS) is 13.5. The Morgan fingerprint density at radius 1 is 1.07 bits per heavy atom. The number of nitrogens with zero attached hydrogens (tertiary/aromatic N) is 1. The third kappa shape index (κ3) is 4.36. The van der Waals surface area contributed by atoms with E-state index in [0.29, 0.717) is 23.1 Å². The summed E-state index contributed by atoms with van der Waals surface area (Å²) in [5.74, 6) is -0.668. The van der Waals surface area contributed by atoms with Crippen LogP contribution >= 0.6 is 11.6 Å². The molecule has 0 fully saturated rings. The van der Waals surface area contributed by atoms with E-state index in [1.807, 2.05) is 18.2 Å². The highest BCUT2D eigenvalue weighted by molar-refractivity contribution is 6.30. The number of carboxylic acid groups (broad SMARTS) is 1. The van der Waals surface area contributed by atoms with Crippen LogP contribution in [0.15, 0.2) is 60.7 Å². The van der Waals surface area contributed by atoms with Crippen molar-refractivity contribution < 1.29 is 19.0 Å². The van der Waals surface area contributed by atoms with Crippen LogP contribution in [0.5, 0.6) is 5.75 Å². The number of aromatic nitrogens is 1. The molecule has 0 unspecified atom stereocenters. The lowest BCUT2D eigenvalue weighted by Gasteiger charge is -2.15. The molecule has 6 heteroatoms. The molecule has 1 aromatic heterocycles. The van der Waals surface area contributed by atoms with Crippen molar-refractivity contribution in [3.63, 3.8) is 0 Å². The summed E-state index contributed by atoms with van der Waals surface area (Å²) in [7, 11) is 0. The van der Waals surface area contributed by atoms with Crippen LogP contribution in [-0.2, 0) is 6.61 Å². The summed E-state index contributed by atoms with van der Waals surface area (Å²) in [4.78, 5) is 15.6. The molecule has 1 aliphatic rings. The van der Waals surface area contributed by atoms with Gasteiger partial charge in [0.2, 0.25) is 0 Å². The van der Waals surface area contributed by atoms with E-state index in [1.54, 1.807) is 24.3 Å². The first-order chi connectivity index (χ1) is 14.5. The first-order valence-electron chi connectivity index (χ1n) is 9.61. The number of carbonyl (C=O) groups is 1. The summed E-state index contributed by atoms with van der Waals surface area (Å²) >= 11 is 6.28. The van der Waals surface area contributed by atoms with Gasteiger partial charge < -0.3 is 9.84 Å². The molecule has 3 aromatic rings. The van der Waals surface area contributed by atoms with Gasteiger partial charge in [0.1, 0.15) is 23.9 Å². The number of carboxylic acids is 1. The van der Waals surface area contributed by atoms with Gasteiger partial charge in [0, 0.05) is 10.6 Å². The first-order valence-corrected chi connectivity index (χ1v) is 9.99. The van der Waals surface area contributed by atoms with Crippen LogP contribution < -0.4 is 4.74 Å². The molecule has 0 aliphatic heterocycles. The molecule has 0 bridgehead atoms. The fraction of sp³-hybridized carbons (Fsp3) is 0.167. The van der Waals surface area contributed by atoms with Crippen LogP contribution in [0.2, 0.25) is 5.02 Å². The first kappa shape index (κ1) is 20.1. The summed E-state index contributed by atoms with van der Waals surface area (Å²) in [5, 5.41) is 9.86. The SMILES string of the molecule is O=C(O)c1cccc(C2=C(c3cc(Cl)ccc3OCc3ccc(F)cc3)CCC2)n1. The quantitative estimate of drug-likeness (QED) is 0.509. The lowest BCUT2D eigenvalue weighted by molar-refractivity contribution is 0.0690. The van der Waals surface area contributed by atoms with E-state index < -0.39 is 5.97 Å². The highest BCUT2D eigenvalue weighted by atomic mass is 35.5. The Kier molecular flexibility index (Phi) is 5.81. The largest absolute Gasteiger partial charge is 0.488 e. The van der Waals surface area contributed by atoms with E-state index >= 15 is 0 Å². The summed E-state index contributed by atoms with van der Waals surface area (Å²) < 4.78 is 19.2. The Balaban J connectivity index is 1.70. The molecule has 0 saturated heterocycles. The molecule has 1 aliphatic carbocycles. The van der Waals surface area contributed by atoms with Crippen molar-refractivity contribution in [3.8, 4) is 5.75 Å². The van der Waals surface area contributed by atoms with Gasteiger partial charge in [-0.25, -0.2) is 14.2 Å². The van der Waals surface area contributed by atoms with E-state index in [4.69, 9.17) is 16.3 Å². The van der Waals surface area contributed by atoms with Crippen molar-refractivity contribution in [3.05, 3.63) is 94.0 Å². The number of benzene rings is 2. The van der Waals surface area contributed by atoms with Gasteiger partial charge in [0.25, 0.3) is 0 Å². The molecule has 1 heterocycles. The number of hydrogen-bond donors (Lipinski definition) is 1. The van der Waals surface area contributed by atoms with Gasteiger partial charge in [-0.2, -0.15) is 0 Å². The van der Waals surface area contributed by atoms with Gasteiger partial charge in [-0.3, -0.25) is 0 Å². The number of rotatable bonds is 6. The maximum absolute atomic E-state index is 13.1. The smallest absolute Gasteiger partial charge is 0.354 e. The van der Waals surface area contributed by atoms with Crippen LogP contribution in [0.1, 0.15) is 46.6 Å². The lowest BCUT2D eigenvalue weighted by Crippen LogP contribution is -2.02. The fourth-order valence-electron chi connectivity index (χ4n) is 3.65. The molecule has 0 saturated carbocycles. The fourth-order valence-corrected chi connectivity index (χ4v) is 3.82. The van der Waals surface area contributed by atoms with Crippen molar-refractivity contribution in [1.29, 1.82) is 0 Å². The van der Waals surface area contributed by atoms with E-state index in [1.165, 1.54) is 18.2 Å². The van der Waals surface area contributed by atoms with E-state index in [2.05, 4.69) is 4.98 Å². The molecule has 4 nitrogen and oxygen atoms in total. The highest BCUT2D eigenvalue weighted by Crippen LogP contribution is 2.43. The summed E-state index contributed by atoms with van der Waals surface area (Å²) in [6.45, 7) is 0.296.